The highest BCUT2D eigenvalue weighted by atomic mass is 14.7. The molecule has 0 aromatic heterocycles. The minimum absolute atomic E-state index is 0.427. The number of hydrogen-bond acceptors (Lipinski definition) is 1. The number of allylic oxidation sites excluding steroid dienone is 1. The number of unbranched alkanes of at least 4 members (excludes halogenated alkanes) is 2. The third kappa shape index (κ3) is 3.63. The van der Waals surface area contributed by atoms with Crippen LogP contribution in [0.1, 0.15) is 111 Å². The summed E-state index contributed by atoms with van der Waals surface area (Å²) in [6.45, 7) is 10.1. The van der Waals surface area contributed by atoms with Gasteiger partial charge in [0.15, 0.2) is 0 Å². The van der Waals surface area contributed by atoms with Crippen molar-refractivity contribution < 1.29 is 0 Å². The van der Waals surface area contributed by atoms with Gasteiger partial charge in [-0.1, -0.05) is 65.0 Å². The summed E-state index contributed by atoms with van der Waals surface area (Å²) >= 11 is 0. The third-order valence-electron chi connectivity index (χ3n) is 10.2. The van der Waals surface area contributed by atoms with Crippen LogP contribution in [0.25, 0.3) is 0 Å². The Labute approximate surface area is 175 Å². The molecule has 0 bridgehead atoms. The summed E-state index contributed by atoms with van der Waals surface area (Å²) in [5.41, 5.74) is 9.21. The van der Waals surface area contributed by atoms with Crippen LogP contribution in [0.2, 0.25) is 0 Å². The van der Waals surface area contributed by atoms with E-state index in [1.54, 1.807) is 5.57 Å². The Morgan fingerprint density at radius 2 is 1.82 bits per heavy atom. The van der Waals surface area contributed by atoms with Gasteiger partial charge in [-0.3, -0.25) is 0 Å². The predicted octanol–water partition coefficient (Wildman–Crippen LogP) is 7.50. The molecule has 2 N–H and O–H groups in total. The Hall–Kier alpha value is -0.300. The van der Waals surface area contributed by atoms with Crippen LogP contribution in [-0.4, -0.2) is 6.04 Å². The molecule has 0 aliphatic heterocycles. The molecule has 4 rings (SSSR count). The summed E-state index contributed by atoms with van der Waals surface area (Å²) in [4.78, 5) is 0. The third-order valence-corrected chi connectivity index (χ3v) is 10.2. The maximum Gasteiger partial charge on any atom is 0.00766 e. The van der Waals surface area contributed by atoms with Gasteiger partial charge in [-0.25, -0.2) is 0 Å². The lowest BCUT2D eigenvalue weighted by Crippen LogP contribution is -2.51. The van der Waals surface area contributed by atoms with E-state index >= 15 is 0 Å². The molecule has 0 aromatic carbocycles. The second kappa shape index (κ2) is 8.09. The van der Waals surface area contributed by atoms with Crippen molar-refractivity contribution in [2.24, 2.45) is 46.2 Å². The first-order chi connectivity index (χ1) is 13.3. The van der Waals surface area contributed by atoms with Gasteiger partial charge in [0.25, 0.3) is 0 Å². The van der Waals surface area contributed by atoms with Gasteiger partial charge in [-0.05, 0) is 98.2 Å². The van der Waals surface area contributed by atoms with Crippen LogP contribution in [-0.2, 0) is 0 Å². The summed E-state index contributed by atoms with van der Waals surface area (Å²) in [6.07, 6.45) is 21.2. The highest BCUT2D eigenvalue weighted by molar-refractivity contribution is 5.25. The zero-order chi connectivity index (χ0) is 19.9. The minimum atomic E-state index is 0.427. The van der Waals surface area contributed by atoms with Crippen molar-refractivity contribution in [2.75, 3.05) is 0 Å². The Morgan fingerprint density at radius 1 is 1.00 bits per heavy atom. The lowest BCUT2D eigenvalue weighted by Gasteiger charge is -2.58. The topological polar surface area (TPSA) is 26.0 Å². The van der Waals surface area contributed by atoms with E-state index in [0.717, 1.165) is 29.6 Å². The van der Waals surface area contributed by atoms with Crippen molar-refractivity contribution in [1.29, 1.82) is 0 Å². The molecule has 160 valence electrons. The molecule has 0 saturated heterocycles. The monoisotopic (exact) mass is 385 g/mol. The Morgan fingerprint density at radius 3 is 2.61 bits per heavy atom. The fraction of sp³-hybridized carbons (Fsp3) is 0.926. The van der Waals surface area contributed by atoms with Crippen LogP contribution in [0.4, 0.5) is 0 Å². The second-order valence-corrected chi connectivity index (χ2v) is 12.1. The number of rotatable bonds is 6. The second-order valence-electron chi connectivity index (χ2n) is 12.1. The molecule has 3 saturated carbocycles. The Balaban J connectivity index is 1.41. The first-order valence-corrected chi connectivity index (χ1v) is 12.8. The Bertz CT molecular complexity index is 577. The predicted molar refractivity (Wildman–Crippen MR) is 121 cm³/mol. The summed E-state index contributed by atoms with van der Waals surface area (Å²) in [7, 11) is 0. The summed E-state index contributed by atoms with van der Waals surface area (Å²) in [6, 6.07) is 0.427. The smallest absolute Gasteiger partial charge is 0.00766 e. The summed E-state index contributed by atoms with van der Waals surface area (Å²) in [5.74, 6) is 4.80. The van der Waals surface area contributed by atoms with Crippen molar-refractivity contribution in [3.63, 3.8) is 0 Å². The highest BCUT2D eigenvalue weighted by Crippen LogP contribution is 2.66. The lowest BCUT2D eigenvalue weighted by atomic mass is 9.47. The largest absolute Gasteiger partial charge is 0.327 e. The number of nitrogens with two attached hydrogens (primary N) is 1. The zero-order valence-electron chi connectivity index (χ0n) is 19.3. The quantitative estimate of drug-likeness (QED) is 0.372. The van der Waals surface area contributed by atoms with Gasteiger partial charge in [0.1, 0.15) is 0 Å². The maximum atomic E-state index is 6.34. The fourth-order valence-electron chi connectivity index (χ4n) is 8.39. The van der Waals surface area contributed by atoms with E-state index in [-0.39, 0.29) is 0 Å². The summed E-state index contributed by atoms with van der Waals surface area (Å²) < 4.78 is 0. The van der Waals surface area contributed by atoms with Gasteiger partial charge < -0.3 is 5.73 Å². The molecule has 4 aliphatic rings. The first kappa shape index (κ1) is 21.0. The number of fused-ring (bicyclic) bond motifs is 5. The van der Waals surface area contributed by atoms with Crippen LogP contribution in [0.5, 0.6) is 0 Å². The fourth-order valence-corrected chi connectivity index (χ4v) is 8.39. The Kier molecular flexibility index (Phi) is 6.05. The molecular formula is C27H47N. The highest BCUT2D eigenvalue weighted by Gasteiger charge is 2.58. The van der Waals surface area contributed by atoms with Crippen molar-refractivity contribution in [3.8, 4) is 0 Å². The molecule has 0 heterocycles. The van der Waals surface area contributed by atoms with E-state index in [1.165, 1.54) is 83.5 Å². The normalized spacial score (nSPS) is 45.4. The molecule has 7 atom stereocenters. The van der Waals surface area contributed by atoms with Gasteiger partial charge in [0.2, 0.25) is 0 Å². The average Bonchev–Trinajstić information content (AvgIpc) is 2.98. The van der Waals surface area contributed by atoms with Crippen molar-refractivity contribution in [3.05, 3.63) is 11.6 Å². The average molecular weight is 386 g/mol. The van der Waals surface area contributed by atoms with E-state index in [4.69, 9.17) is 5.73 Å². The molecule has 3 fully saturated rings. The summed E-state index contributed by atoms with van der Waals surface area (Å²) in [5, 5.41) is 0. The molecule has 0 amide bonds. The van der Waals surface area contributed by atoms with Gasteiger partial charge >= 0.3 is 0 Å². The molecular weight excluding hydrogens is 338 g/mol. The van der Waals surface area contributed by atoms with Crippen LogP contribution < -0.4 is 5.73 Å². The van der Waals surface area contributed by atoms with E-state index in [1.807, 2.05) is 0 Å². The van der Waals surface area contributed by atoms with Crippen LogP contribution >= 0.6 is 0 Å². The first-order valence-electron chi connectivity index (χ1n) is 12.8. The molecule has 1 nitrogen and oxygen atoms in total. The van der Waals surface area contributed by atoms with Gasteiger partial charge in [-0.15, -0.1) is 0 Å². The standard InChI is InChI=1S/C27H47N/c1-19(2)8-6-5-7-9-20-11-13-24-23-12-10-21-18-22(28)14-16-27(21,4)25(23)15-17-26(20,24)3/h10,19-20,22-25H,5-9,11-18,28H2,1-4H3. The van der Waals surface area contributed by atoms with Gasteiger partial charge in [0, 0.05) is 6.04 Å². The van der Waals surface area contributed by atoms with Crippen LogP contribution in [0, 0.1) is 40.4 Å². The van der Waals surface area contributed by atoms with Crippen LogP contribution in [0.15, 0.2) is 11.6 Å². The molecule has 0 aromatic rings. The lowest BCUT2D eigenvalue weighted by molar-refractivity contribution is -0.0434. The molecule has 4 aliphatic carbocycles. The zero-order valence-corrected chi connectivity index (χ0v) is 19.3. The van der Waals surface area contributed by atoms with Crippen molar-refractivity contribution >= 4 is 0 Å². The molecule has 7 unspecified atom stereocenters. The molecule has 0 radical (unpaired) electrons. The maximum absolute atomic E-state index is 6.34. The van der Waals surface area contributed by atoms with Crippen LogP contribution in [0.3, 0.4) is 0 Å². The van der Waals surface area contributed by atoms with E-state index in [9.17, 15) is 0 Å². The van der Waals surface area contributed by atoms with Gasteiger partial charge in [0.05, 0.1) is 0 Å². The van der Waals surface area contributed by atoms with Crippen molar-refractivity contribution in [1.82, 2.24) is 0 Å². The number of hydrogen-bond donors (Lipinski definition) is 1. The van der Waals surface area contributed by atoms with Crippen molar-refractivity contribution in [2.45, 2.75) is 117 Å². The molecule has 0 spiro atoms. The molecule has 1 heteroatoms. The van der Waals surface area contributed by atoms with E-state index in [0.29, 0.717) is 16.9 Å². The SMILES string of the molecule is CC(C)CCCCCC1CCC2C3CC=C4CC(N)CCC4(C)C3CCC12C. The van der Waals surface area contributed by atoms with E-state index < -0.39 is 0 Å². The minimum Gasteiger partial charge on any atom is -0.327 e. The van der Waals surface area contributed by atoms with Gasteiger partial charge in [-0.2, -0.15) is 0 Å². The molecule has 28 heavy (non-hydrogen) atoms. The van der Waals surface area contributed by atoms with E-state index in [2.05, 4.69) is 33.8 Å².